The number of hydrogen-bond acceptors (Lipinski definition) is 4. The summed E-state index contributed by atoms with van der Waals surface area (Å²) in [6.45, 7) is -0.522. The van der Waals surface area contributed by atoms with Gasteiger partial charge in [0.15, 0.2) is 0 Å². The zero-order chi connectivity index (χ0) is 19.1. The van der Waals surface area contributed by atoms with Crippen LogP contribution in [-0.2, 0) is 0 Å². The lowest BCUT2D eigenvalue weighted by Gasteiger charge is -2.19. The molecule has 1 unspecified atom stereocenters. The lowest BCUT2D eigenvalue weighted by Crippen LogP contribution is -2.38. The maximum absolute atomic E-state index is 14.5. The zero-order valence-electron chi connectivity index (χ0n) is 14.2. The van der Waals surface area contributed by atoms with Gasteiger partial charge in [0.2, 0.25) is 0 Å². The molecule has 0 saturated heterocycles. The maximum Gasteiger partial charge on any atom is 0.261 e. The van der Waals surface area contributed by atoms with Crippen molar-refractivity contribution in [2.24, 2.45) is 0 Å². The van der Waals surface area contributed by atoms with Gasteiger partial charge >= 0.3 is 0 Å². The van der Waals surface area contributed by atoms with Gasteiger partial charge < -0.3 is 0 Å². The highest BCUT2D eigenvalue weighted by Gasteiger charge is 2.38. The fourth-order valence-corrected chi connectivity index (χ4v) is 3.41. The Bertz CT molecular complexity index is 917. The SMILES string of the molecule is O=C1c2ccccc2C(=O)N1CCC(F)CN1C(=O)c2ccccc2C1=O. The summed E-state index contributed by atoms with van der Waals surface area (Å²) < 4.78 is 14.5. The van der Waals surface area contributed by atoms with Crippen molar-refractivity contribution in [2.45, 2.75) is 12.6 Å². The van der Waals surface area contributed by atoms with Crippen LogP contribution >= 0.6 is 0 Å². The average Bonchev–Trinajstić information content (AvgIpc) is 3.07. The van der Waals surface area contributed by atoms with E-state index < -0.39 is 36.3 Å². The van der Waals surface area contributed by atoms with Gasteiger partial charge in [-0.15, -0.1) is 0 Å². The van der Waals surface area contributed by atoms with E-state index >= 15 is 0 Å². The fourth-order valence-electron chi connectivity index (χ4n) is 3.41. The minimum atomic E-state index is -1.54. The highest BCUT2D eigenvalue weighted by Crippen LogP contribution is 2.25. The van der Waals surface area contributed by atoms with Gasteiger partial charge in [-0.2, -0.15) is 0 Å². The summed E-state index contributed by atoms with van der Waals surface area (Å²) in [5.41, 5.74) is 1.13. The van der Waals surface area contributed by atoms with E-state index in [2.05, 4.69) is 0 Å². The number of halogens is 1. The number of nitrogens with zero attached hydrogens (tertiary/aromatic N) is 2. The first-order valence-corrected chi connectivity index (χ1v) is 8.53. The Kier molecular flexibility index (Phi) is 4.07. The molecule has 2 heterocycles. The van der Waals surface area contributed by atoms with Gasteiger partial charge in [0.05, 0.1) is 28.8 Å². The first-order chi connectivity index (χ1) is 13.0. The van der Waals surface area contributed by atoms with Crippen molar-refractivity contribution in [3.05, 3.63) is 70.8 Å². The van der Waals surface area contributed by atoms with E-state index in [0.29, 0.717) is 11.1 Å². The lowest BCUT2D eigenvalue weighted by molar-refractivity contribution is 0.0566. The molecule has 6 nitrogen and oxygen atoms in total. The number of carbonyl (C=O) groups excluding carboxylic acids is 4. The van der Waals surface area contributed by atoms with Crippen LogP contribution < -0.4 is 0 Å². The van der Waals surface area contributed by atoms with Crippen LogP contribution in [0.5, 0.6) is 0 Å². The van der Waals surface area contributed by atoms with E-state index in [0.717, 1.165) is 9.80 Å². The normalized spacial score (nSPS) is 16.8. The Morgan fingerprint density at radius 1 is 0.667 bits per heavy atom. The van der Waals surface area contributed by atoms with Gasteiger partial charge in [-0.25, -0.2) is 4.39 Å². The summed E-state index contributed by atoms with van der Waals surface area (Å²) in [6, 6.07) is 12.8. The molecule has 2 aliphatic rings. The van der Waals surface area contributed by atoms with Gasteiger partial charge in [-0.1, -0.05) is 24.3 Å². The van der Waals surface area contributed by atoms with Crippen molar-refractivity contribution in [3.63, 3.8) is 0 Å². The zero-order valence-corrected chi connectivity index (χ0v) is 14.2. The molecule has 136 valence electrons. The molecule has 4 rings (SSSR count). The highest BCUT2D eigenvalue weighted by atomic mass is 19.1. The molecule has 2 aliphatic heterocycles. The van der Waals surface area contributed by atoms with E-state index in [1.165, 1.54) is 12.1 Å². The molecule has 0 fully saturated rings. The molecule has 0 bridgehead atoms. The van der Waals surface area contributed by atoms with Crippen LogP contribution in [0.2, 0.25) is 0 Å². The molecule has 0 aliphatic carbocycles. The number of hydrogen-bond donors (Lipinski definition) is 0. The molecule has 0 radical (unpaired) electrons. The summed E-state index contributed by atoms with van der Waals surface area (Å²) in [5.74, 6) is -1.97. The molecule has 4 amide bonds. The summed E-state index contributed by atoms with van der Waals surface area (Å²) >= 11 is 0. The molecular formula is C20H15FN2O4. The lowest BCUT2D eigenvalue weighted by atomic mass is 10.1. The molecular weight excluding hydrogens is 351 g/mol. The third-order valence-electron chi connectivity index (χ3n) is 4.80. The minimum Gasteiger partial charge on any atom is -0.274 e. The third-order valence-corrected chi connectivity index (χ3v) is 4.80. The number of rotatable bonds is 5. The number of benzene rings is 2. The predicted octanol–water partition coefficient (Wildman–Crippen LogP) is 2.31. The summed E-state index contributed by atoms with van der Waals surface area (Å²) in [4.78, 5) is 51.0. The second kappa shape index (κ2) is 6.42. The van der Waals surface area contributed by atoms with Gasteiger partial charge in [-0.05, 0) is 30.7 Å². The van der Waals surface area contributed by atoms with E-state index in [1.54, 1.807) is 36.4 Å². The number of alkyl halides is 1. The number of amides is 4. The highest BCUT2D eigenvalue weighted by molar-refractivity contribution is 6.22. The molecule has 2 aromatic carbocycles. The predicted molar refractivity (Wildman–Crippen MR) is 93.1 cm³/mol. The Morgan fingerprint density at radius 3 is 1.44 bits per heavy atom. The Balaban J connectivity index is 1.40. The first kappa shape index (κ1) is 17.1. The minimum absolute atomic E-state index is 0.114. The monoisotopic (exact) mass is 366 g/mol. The maximum atomic E-state index is 14.5. The quantitative estimate of drug-likeness (QED) is 0.761. The molecule has 0 spiro atoms. The van der Waals surface area contributed by atoms with Crippen molar-refractivity contribution in [2.75, 3.05) is 13.1 Å². The van der Waals surface area contributed by atoms with Crippen molar-refractivity contribution in [3.8, 4) is 0 Å². The number of imide groups is 2. The van der Waals surface area contributed by atoms with Gasteiger partial charge in [0.1, 0.15) is 6.17 Å². The average molecular weight is 366 g/mol. The number of carbonyl (C=O) groups is 4. The Hall–Kier alpha value is -3.35. The van der Waals surface area contributed by atoms with Crippen molar-refractivity contribution >= 4 is 23.6 Å². The topological polar surface area (TPSA) is 74.8 Å². The van der Waals surface area contributed by atoms with Gasteiger partial charge in [0, 0.05) is 6.54 Å². The van der Waals surface area contributed by atoms with E-state index in [9.17, 15) is 23.6 Å². The van der Waals surface area contributed by atoms with Gasteiger partial charge in [0.25, 0.3) is 23.6 Å². The summed E-state index contributed by atoms with van der Waals surface area (Å²) in [7, 11) is 0. The molecule has 0 N–H and O–H groups in total. The number of fused-ring (bicyclic) bond motifs is 2. The second-order valence-corrected chi connectivity index (χ2v) is 6.46. The largest absolute Gasteiger partial charge is 0.274 e. The second-order valence-electron chi connectivity index (χ2n) is 6.46. The molecule has 0 saturated carbocycles. The first-order valence-electron chi connectivity index (χ1n) is 8.53. The Labute approximate surface area is 154 Å². The van der Waals surface area contributed by atoms with Crippen LogP contribution in [0.4, 0.5) is 4.39 Å². The standard InChI is InChI=1S/C20H15FN2O4/c21-12(11-23-19(26)15-7-3-4-8-16(15)20(23)27)9-10-22-17(24)13-5-1-2-6-14(13)18(22)25/h1-8,12H,9-11H2. The van der Waals surface area contributed by atoms with E-state index in [4.69, 9.17) is 0 Å². The van der Waals surface area contributed by atoms with Crippen LogP contribution in [0.25, 0.3) is 0 Å². The summed E-state index contributed by atoms with van der Waals surface area (Å²) in [5, 5.41) is 0. The van der Waals surface area contributed by atoms with Crippen molar-refractivity contribution in [1.29, 1.82) is 0 Å². The van der Waals surface area contributed by atoms with Crippen LogP contribution in [0.3, 0.4) is 0 Å². The van der Waals surface area contributed by atoms with Crippen LogP contribution in [0.1, 0.15) is 47.9 Å². The van der Waals surface area contributed by atoms with Crippen molar-refractivity contribution in [1.82, 2.24) is 9.80 Å². The molecule has 2 aromatic rings. The molecule has 27 heavy (non-hydrogen) atoms. The smallest absolute Gasteiger partial charge is 0.261 e. The summed E-state index contributed by atoms with van der Waals surface area (Å²) in [6.07, 6.45) is -1.70. The molecule has 0 aromatic heterocycles. The van der Waals surface area contributed by atoms with Crippen LogP contribution in [-0.4, -0.2) is 52.7 Å². The third kappa shape index (κ3) is 2.71. The fraction of sp³-hybridized carbons (Fsp3) is 0.200. The molecule has 7 heteroatoms. The van der Waals surface area contributed by atoms with Gasteiger partial charge in [-0.3, -0.25) is 29.0 Å². The molecule has 1 atom stereocenters. The van der Waals surface area contributed by atoms with E-state index in [-0.39, 0.29) is 24.1 Å². The van der Waals surface area contributed by atoms with Crippen LogP contribution in [0, 0.1) is 0 Å². The van der Waals surface area contributed by atoms with Crippen LogP contribution in [0.15, 0.2) is 48.5 Å². The van der Waals surface area contributed by atoms with Crippen molar-refractivity contribution < 1.29 is 23.6 Å². The Morgan fingerprint density at radius 2 is 1.04 bits per heavy atom. The van der Waals surface area contributed by atoms with E-state index in [1.807, 2.05) is 0 Å².